The van der Waals surface area contributed by atoms with Crippen molar-refractivity contribution in [2.45, 2.75) is 12.5 Å². The highest BCUT2D eigenvalue weighted by Gasteiger charge is 2.49. The van der Waals surface area contributed by atoms with Gasteiger partial charge in [-0.05, 0) is 18.6 Å². The van der Waals surface area contributed by atoms with Gasteiger partial charge in [-0.25, -0.2) is 0 Å². The Labute approximate surface area is 112 Å². The Bertz CT molecular complexity index is 538. The van der Waals surface area contributed by atoms with Crippen molar-refractivity contribution in [3.05, 3.63) is 42.5 Å². The largest absolute Gasteiger partial charge is 0.378 e. The highest BCUT2D eigenvalue weighted by atomic mass is 16.2. The number of nitrogens with zero attached hydrogens (tertiary/aromatic N) is 1. The molecule has 1 aliphatic heterocycles. The molecular weight excluding hydrogens is 240 g/mol. The molecule has 1 fully saturated rings. The van der Waals surface area contributed by atoms with Gasteiger partial charge in [-0.1, -0.05) is 30.4 Å². The summed E-state index contributed by atoms with van der Waals surface area (Å²) in [6, 6.07) is 9.65. The van der Waals surface area contributed by atoms with Crippen LogP contribution in [0.3, 0.4) is 0 Å². The summed E-state index contributed by atoms with van der Waals surface area (Å²) < 4.78 is 0. The van der Waals surface area contributed by atoms with E-state index in [9.17, 15) is 9.59 Å². The Morgan fingerprint density at radius 1 is 1.16 bits per heavy atom. The minimum absolute atomic E-state index is 0.0563. The molecule has 98 valence electrons. The van der Waals surface area contributed by atoms with Crippen LogP contribution in [0.2, 0.25) is 0 Å². The van der Waals surface area contributed by atoms with Crippen molar-refractivity contribution in [3.8, 4) is 0 Å². The van der Waals surface area contributed by atoms with Gasteiger partial charge >= 0.3 is 0 Å². The third kappa shape index (κ3) is 1.93. The molecule has 0 unspecified atom stereocenters. The van der Waals surface area contributed by atoms with Crippen molar-refractivity contribution in [3.63, 3.8) is 0 Å². The average molecular weight is 256 g/mol. The van der Waals surface area contributed by atoms with Crippen molar-refractivity contribution in [2.24, 2.45) is 11.8 Å². The quantitative estimate of drug-likeness (QED) is 0.646. The van der Waals surface area contributed by atoms with Gasteiger partial charge < -0.3 is 5.32 Å². The van der Waals surface area contributed by atoms with Gasteiger partial charge in [0.15, 0.2) is 0 Å². The lowest BCUT2D eigenvalue weighted by molar-refractivity contribution is -0.138. The molecule has 1 heterocycles. The first-order valence-electron chi connectivity index (χ1n) is 6.48. The van der Waals surface area contributed by atoms with E-state index in [4.69, 9.17) is 0 Å². The summed E-state index contributed by atoms with van der Waals surface area (Å²) in [5, 5.41) is 3.34. The van der Waals surface area contributed by atoms with E-state index in [0.29, 0.717) is 6.42 Å². The molecule has 1 aliphatic carbocycles. The lowest BCUT2D eigenvalue weighted by atomic mass is 9.81. The summed E-state index contributed by atoms with van der Waals surface area (Å²) in [6.45, 7) is 0. The van der Waals surface area contributed by atoms with Crippen LogP contribution in [0.25, 0.3) is 0 Å². The Morgan fingerprint density at radius 2 is 1.89 bits per heavy atom. The molecule has 1 N–H and O–H groups in total. The summed E-state index contributed by atoms with van der Waals surface area (Å²) in [4.78, 5) is 25.4. The second-order valence-corrected chi connectivity index (χ2v) is 5.07. The van der Waals surface area contributed by atoms with Crippen LogP contribution in [0, 0.1) is 11.8 Å². The molecule has 1 aromatic rings. The van der Waals surface area contributed by atoms with E-state index in [1.54, 1.807) is 7.05 Å². The van der Waals surface area contributed by atoms with Gasteiger partial charge in [0.1, 0.15) is 0 Å². The van der Waals surface area contributed by atoms with E-state index in [0.717, 1.165) is 5.69 Å². The molecule has 1 aromatic carbocycles. The Kier molecular flexibility index (Phi) is 2.85. The summed E-state index contributed by atoms with van der Waals surface area (Å²) in [5.74, 6) is -0.613. The lowest BCUT2D eigenvalue weighted by Gasteiger charge is -2.27. The van der Waals surface area contributed by atoms with Crippen LogP contribution in [-0.4, -0.2) is 29.8 Å². The number of fused-ring (bicyclic) bond motifs is 1. The van der Waals surface area contributed by atoms with Gasteiger partial charge in [-0.15, -0.1) is 0 Å². The van der Waals surface area contributed by atoms with Crippen molar-refractivity contribution < 1.29 is 9.59 Å². The zero-order chi connectivity index (χ0) is 13.4. The number of carbonyl (C=O) groups excluding carboxylic acids is 2. The number of rotatable bonds is 2. The van der Waals surface area contributed by atoms with Crippen LogP contribution in [0.5, 0.6) is 0 Å². The fourth-order valence-corrected chi connectivity index (χ4v) is 2.91. The minimum Gasteiger partial charge on any atom is -0.378 e. The zero-order valence-electron chi connectivity index (χ0n) is 10.7. The molecular formula is C15H16N2O2. The Hall–Kier alpha value is -2.10. The number of para-hydroxylation sites is 1. The zero-order valence-corrected chi connectivity index (χ0v) is 10.7. The molecule has 2 amide bonds. The van der Waals surface area contributed by atoms with Gasteiger partial charge in [-0.2, -0.15) is 0 Å². The monoisotopic (exact) mass is 256 g/mol. The molecule has 0 saturated carbocycles. The van der Waals surface area contributed by atoms with Crippen LogP contribution in [-0.2, 0) is 9.59 Å². The van der Waals surface area contributed by atoms with E-state index >= 15 is 0 Å². The van der Waals surface area contributed by atoms with Crippen LogP contribution in [0.15, 0.2) is 42.5 Å². The molecule has 2 aliphatic rings. The molecule has 0 radical (unpaired) electrons. The van der Waals surface area contributed by atoms with Gasteiger partial charge in [-0.3, -0.25) is 14.5 Å². The third-order valence-corrected chi connectivity index (χ3v) is 3.92. The van der Waals surface area contributed by atoms with Crippen molar-refractivity contribution in [1.82, 2.24) is 4.90 Å². The number of nitrogens with one attached hydrogen (secondary N) is 1. The fourth-order valence-electron chi connectivity index (χ4n) is 2.91. The number of anilines is 1. The first kappa shape index (κ1) is 12.0. The normalized spacial score (nSPS) is 29.5. The molecule has 0 aromatic heterocycles. The molecule has 0 bridgehead atoms. The highest BCUT2D eigenvalue weighted by molar-refractivity contribution is 6.05. The smallest absolute Gasteiger partial charge is 0.235 e. The maximum atomic E-state index is 12.2. The number of amides is 2. The summed E-state index contributed by atoms with van der Waals surface area (Å²) in [6.07, 6.45) is 4.65. The first-order chi connectivity index (χ1) is 9.18. The van der Waals surface area contributed by atoms with Crippen molar-refractivity contribution >= 4 is 17.5 Å². The summed E-state index contributed by atoms with van der Waals surface area (Å²) in [7, 11) is 1.57. The third-order valence-electron chi connectivity index (χ3n) is 3.92. The van der Waals surface area contributed by atoms with Gasteiger partial charge in [0, 0.05) is 12.7 Å². The number of imide groups is 1. The predicted molar refractivity (Wildman–Crippen MR) is 72.4 cm³/mol. The molecule has 3 rings (SSSR count). The minimum atomic E-state index is -0.275. The molecule has 0 spiro atoms. The number of hydrogen-bond donors (Lipinski definition) is 1. The number of benzene rings is 1. The van der Waals surface area contributed by atoms with Crippen LogP contribution in [0.1, 0.15) is 6.42 Å². The first-order valence-corrected chi connectivity index (χ1v) is 6.48. The molecule has 3 atom stereocenters. The number of likely N-dealkylation sites (tertiary alicyclic amines) is 1. The van der Waals surface area contributed by atoms with E-state index in [1.807, 2.05) is 42.5 Å². The maximum absolute atomic E-state index is 12.2. The summed E-state index contributed by atoms with van der Waals surface area (Å²) in [5.41, 5.74) is 0.965. The van der Waals surface area contributed by atoms with E-state index in [2.05, 4.69) is 5.32 Å². The predicted octanol–water partition coefficient (Wildman–Crippen LogP) is 1.66. The molecule has 1 saturated heterocycles. The topological polar surface area (TPSA) is 49.4 Å². The standard InChI is InChI=1S/C15H16N2O2/c1-17-14(18)11-8-5-9-12(13(11)15(17)19)16-10-6-3-2-4-7-10/h2-7,9,11-13,16H,8H2,1H3/t11-,12+,13-/m0/s1. The van der Waals surface area contributed by atoms with Gasteiger partial charge in [0.05, 0.1) is 17.9 Å². The maximum Gasteiger partial charge on any atom is 0.235 e. The number of carbonyl (C=O) groups is 2. The van der Waals surface area contributed by atoms with Crippen LogP contribution < -0.4 is 5.32 Å². The molecule has 19 heavy (non-hydrogen) atoms. The Morgan fingerprint density at radius 3 is 2.63 bits per heavy atom. The van der Waals surface area contributed by atoms with E-state index in [-0.39, 0.29) is 29.7 Å². The molecule has 4 heteroatoms. The lowest BCUT2D eigenvalue weighted by Crippen LogP contribution is -2.37. The highest BCUT2D eigenvalue weighted by Crippen LogP contribution is 2.35. The van der Waals surface area contributed by atoms with E-state index in [1.165, 1.54) is 4.90 Å². The Balaban J connectivity index is 1.86. The van der Waals surface area contributed by atoms with Crippen molar-refractivity contribution in [1.29, 1.82) is 0 Å². The summed E-state index contributed by atoms with van der Waals surface area (Å²) >= 11 is 0. The van der Waals surface area contributed by atoms with Crippen LogP contribution >= 0.6 is 0 Å². The van der Waals surface area contributed by atoms with E-state index < -0.39 is 0 Å². The second kappa shape index (κ2) is 4.53. The van der Waals surface area contributed by atoms with Gasteiger partial charge in [0.25, 0.3) is 0 Å². The second-order valence-electron chi connectivity index (χ2n) is 5.07. The SMILES string of the molecule is CN1C(=O)[C@H]2[C@H](CC=C[C@H]2Nc2ccccc2)C1=O. The number of allylic oxidation sites excluding steroid dienone is 1. The van der Waals surface area contributed by atoms with Crippen LogP contribution in [0.4, 0.5) is 5.69 Å². The van der Waals surface area contributed by atoms with Crippen molar-refractivity contribution in [2.75, 3.05) is 12.4 Å². The number of hydrogen-bond acceptors (Lipinski definition) is 3. The average Bonchev–Trinajstić information content (AvgIpc) is 2.66. The van der Waals surface area contributed by atoms with Gasteiger partial charge in [0.2, 0.25) is 11.8 Å². The fraction of sp³-hybridized carbons (Fsp3) is 0.333. The molecule has 4 nitrogen and oxygen atoms in total.